The average Bonchev–Trinajstić information content (AvgIpc) is 3.34. The number of benzene rings is 2. The molecule has 0 radical (unpaired) electrons. The van der Waals surface area contributed by atoms with Crippen LogP contribution in [0.1, 0.15) is 32.3 Å². The Balaban J connectivity index is 1.60. The topological polar surface area (TPSA) is 67.9 Å². The summed E-state index contributed by atoms with van der Waals surface area (Å²) in [4.78, 5) is 28.2. The molecule has 2 aliphatic heterocycles. The molecule has 2 aromatic carbocycles. The molecule has 2 heterocycles. The Labute approximate surface area is 189 Å². The van der Waals surface area contributed by atoms with Crippen LogP contribution in [0.3, 0.4) is 0 Å². The maximum absolute atomic E-state index is 13.4. The van der Waals surface area contributed by atoms with Gasteiger partial charge in [-0.05, 0) is 43.4 Å². The van der Waals surface area contributed by atoms with Crippen molar-refractivity contribution in [2.24, 2.45) is 0 Å². The fourth-order valence-corrected chi connectivity index (χ4v) is 4.49. The normalized spacial score (nSPS) is 23.3. The number of morpholine rings is 1. The van der Waals surface area contributed by atoms with Crippen LogP contribution < -0.4 is 5.32 Å². The van der Waals surface area contributed by atoms with Crippen LogP contribution in [0.25, 0.3) is 11.1 Å². The third kappa shape index (κ3) is 5.03. The molecule has 1 N–H and O–H groups in total. The van der Waals surface area contributed by atoms with Gasteiger partial charge in [-0.2, -0.15) is 0 Å². The molecule has 2 amide bonds. The van der Waals surface area contributed by atoms with E-state index in [9.17, 15) is 9.59 Å². The number of carbonyl (C=O) groups is 2. The van der Waals surface area contributed by atoms with Gasteiger partial charge in [0.2, 0.25) is 0 Å². The molecule has 2 aromatic rings. The summed E-state index contributed by atoms with van der Waals surface area (Å²) in [7, 11) is 0. The van der Waals surface area contributed by atoms with Crippen LogP contribution in [0, 0.1) is 0 Å². The lowest BCUT2D eigenvalue weighted by Gasteiger charge is -2.42. The number of rotatable bonds is 6. The number of nitrogens with one attached hydrogen (secondary N) is 1. The van der Waals surface area contributed by atoms with Crippen molar-refractivity contribution >= 4 is 11.8 Å². The van der Waals surface area contributed by atoms with Crippen molar-refractivity contribution in [2.45, 2.75) is 50.9 Å². The molecule has 4 rings (SSSR count). The Kier molecular flexibility index (Phi) is 6.92. The lowest BCUT2D eigenvalue weighted by molar-refractivity contribution is -0.170. The number of hydrogen-bond acceptors (Lipinski definition) is 4. The van der Waals surface area contributed by atoms with Gasteiger partial charge in [-0.1, -0.05) is 54.6 Å². The molecule has 170 valence electrons. The second kappa shape index (κ2) is 9.84. The van der Waals surface area contributed by atoms with Gasteiger partial charge in [0.05, 0.1) is 13.2 Å². The van der Waals surface area contributed by atoms with E-state index in [1.165, 1.54) is 0 Å². The largest absolute Gasteiger partial charge is 0.368 e. The van der Waals surface area contributed by atoms with Gasteiger partial charge in [0, 0.05) is 25.6 Å². The molecule has 0 aliphatic carbocycles. The summed E-state index contributed by atoms with van der Waals surface area (Å²) < 4.78 is 11.8. The summed E-state index contributed by atoms with van der Waals surface area (Å²) in [5.41, 5.74) is 2.07. The van der Waals surface area contributed by atoms with Crippen molar-refractivity contribution in [3.05, 3.63) is 60.2 Å². The minimum absolute atomic E-state index is 0.0251. The van der Waals surface area contributed by atoms with Crippen molar-refractivity contribution in [3.63, 3.8) is 0 Å². The van der Waals surface area contributed by atoms with E-state index >= 15 is 0 Å². The van der Waals surface area contributed by atoms with Gasteiger partial charge in [0.25, 0.3) is 11.8 Å². The van der Waals surface area contributed by atoms with Crippen molar-refractivity contribution < 1.29 is 19.1 Å². The van der Waals surface area contributed by atoms with Crippen molar-refractivity contribution in [3.8, 4) is 11.1 Å². The zero-order valence-electron chi connectivity index (χ0n) is 18.9. The number of ether oxygens (including phenoxy) is 2. The summed E-state index contributed by atoms with van der Waals surface area (Å²) >= 11 is 0. The highest BCUT2D eigenvalue weighted by Crippen LogP contribution is 2.28. The highest BCUT2D eigenvalue weighted by atomic mass is 16.5. The Morgan fingerprint density at radius 2 is 1.88 bits per heavy atom. The maximum atomic E-state index is 13.4. The van der Waals surface area contributed by atoms with Crippen LogP contribution in [-0.4, -0.2) is 60.8 Å². The van der Waals surface area contributed by atoms with E-state index < -0.39 is 11.7 Å². The summed E-state index contributed by atoms with van der Waals surface area (Å²) in [5, 5.41) is 3.02. The molecule has 0 bridgehead atoms. The first-order chi connectivity index (χ1) is 15.5. The minimum Gasteiger partial charge on any atom is -0.368 e. The van der Waals surface area contributed by atoms with E-state index in [1.54, 1.807) is 4.90 Å². The molecule has 6 nitrogen and oxygen atoms in total. The van der Waals surface area contributed by atoms with Crippen LogP contribution in [0.5, 0.6) is 0 Å². The maximum Gasteiger partial charge on any atom is 0.254 e. The van der Waals surface area contributed by atoms with Gasteiger partial charge in [-0.3, -0.25) is 9.59 Å². The van der Waals surface area contributed by atoms with Crippen LogP contribution in [-0.2, 0) is 25.5 Å². The average molecular weight is 437 g/mol. The second-order valence-electron chi connectivity index (χ2n) is 8.98. The van der Waals surface area contributed by atoms with Gasteiger partial charge >= 0.3 is 0 Å². The molecule has 0 saturated carbocycles. The summed E-state index contributed by atoms with van der Waals surface area (Å²) in [6, 6.07) is 18.3. The Morgan fingerprint density at radius 3 is 2.59 bits per heavy atom. The smallest absolute Gasteiger partial charge is 0.254 e. The molecular formula is C26H32N2O4. The van der Waals surface area contributed by atoms with Crippen LogP contribution in [0.4, 0.5) is 0 Å². The molecule has 32 heavy (non-hydrogen) atoms. The fourth-order valence-electron chi connectivity index (χ4n) is 4.49. The number of carbonyl (C=O) groups excluding carboxylic acids is 2. The standard InChI is InChI=1S/C26H32N2O4/c1-19(2)27-25(30)26(18-28(13-15-32-26)24(29)23-12-7-14-31-23)17-20-8-6-11-22(16-20)21-9-4-3-5-10-21/h3-6,8-11,16,19,23H,7,12-15,17-18H2,1-2H3,(H,27,30)/t23-,26+/m1/s1. The van der Waals surface area contributed by atoms with Crippen LogP contribution >= 0.6 is 0 Å². The Hall–Kier alpha value is -2.70. The van der Waals surface area contributed by atoms with Gasteiger partial charge < -0.3 is 19.7 Å². The van der Waals surface area contributed by atoms with E-state index in [-0.39, 0.29) is 24.4 Å². The predicted octanol–water partition coefficient (Wildman–Crippen LogP) is 3.20. The molecule has 2 fully saturated rings. The number of nitrogens with zero attached hydrogens (tertiary/aromatic N) is 1. The highest BCUT2D eigenvalue weighted by Gasteiger charge is 2.46. The lowest BCUT2D eigenvalue weighted by atomic mass is 9.89. The number of amides is 2. The Morgan fingerprint density at radius 1 is 1.09 bits per heavy atom. The molecule has 6 heteroatoms. The first-order valence-corrected chi connectivity index (χ1v) is 11.5. The van der Waals surface area contributed by atoms with E-state index in [0.717, 1.165) is 29.5 Å². The third-order valence-electron chi connectivity index (χ3n) is 6.06. The highest BCUT2D eigenvalue weighted by molar-refractivity contribution is 5.88. The van der Waals surface area contributed by atoms with E-state index in [1.807, 2.05) is 44.2 Å². The van der Waals surface area contributed by atoms with Gasteiger partial charge in [0.15, 0.2) is 5.60 Å². The first-order valence-electron chi connectivity index (χ1n) is 11.5. The van der Waals surface area contributed by atoms with Gasteiger partial charge in [0.1, 0.15) is 6.10 Å². The molecule has 2 aliphatic rings. The SMILES string of the molecule is CC(C)NC(=O)[C@]1(Cc2cccc(-c3ccccc3)c2)CN(C(=O)[C@H]2CCCO2)CCO1. The zero-order chi connectivity index (χ0) is 22.6. The van der Waals surface area contributed by atoms with Crippen LogP contribution in [0.2, 0.25) is 0 Å². The van der Waals surface area contributed by atoms with Gasteiger partial charge in [-0.15, -0.1) is 0 Å². The molecule has 2 atom stereocenters. The van der Waals surface area contributed by atoms with E-state index in [2.05, 4.69) is 29.6 Å². The quantitative estimate of drug-likeness (QED) is 0.755. The monoisotopic (exact) mass is 436 g/mol. The van der Waals surface area contributed by atoms with Crippen LogP contribution in [0.15, 0.2) is 54.6 Å². The predicted molar refractivity (Wildman–Crippen MR) is 123 cm³/mol. The molecular weight excluding hydrogens is 404 g/mol. The molecule has 0 spiro atoms. The summed E-state index contributed by atoms with van der Waals surface area (Å²) in [6.45, 7) is 5.49. The second-order valence-corrected chi connectivity index (χ2v) is 8.98. The van der Waals surface area contributed by atoms with Crippen molar-refractivity contribution in [1.82, 2.24) is 10.2 Å². The zero-order valence-corrected chi connectivity index (χ0v) is 18.9. The van der Waals surface area contributed by atoms with Gasteiger partial charge in [-0.25, -0.2) is 0 Å². The third-order valence-corrected chi connectivity index (χ3v) is 6.06. The molecule has 0 aromatic heterocycles. The van der Waals surface area contributed by atoms with Crippen molar-refractivity contribution in [2.75, 3.05) is 26.3 Å². The first kappa shape index (κ1) is 22.5. The Bertz CT molecular complexity index is 940. The lowest BCUT2D eigenvalue weighted by Crippen LogP contribution is -2.63. The summed E-state index contributed by atoms with van der Waals surface area (Å²) in [6.07, 6.45) is 1.62. The fraction of sp³-hybridized carbons (Fsp3) is 0.462. The molecule has 2 saturated heterocycles. The molecule has 0 unspecified atom stereocenters. The number of hydrogen-bond donors (Lipinski definition) is 1. The van der Waals surface area contributed by atoms with Crippen molar-refractivity contribution in [1.29, 1.82) is 0 Å². The van der Waals surface area contributed by atoms with E-state index in [4.69, 9.17) is 9.47 Å². The summed E-state index contributed by atoms with van der Waals surface area (Å²) in [5.74, 6) is -0.215. The van der Waals surface area contributed by atoms with E-state index in [0.29, 0.717) is 26.2 Å². The minimum atomic E-state index is -1.13.